The Hall–Kier alpha value is -2.15. The molecule has 86 valence electrons. The summed E-state index contributed by atoms with van der Waals surface area (Å²) in [5.41, 5.74) is 0.856. The summed E-state index contributed by atoms with van der Waals surface area (Å²) in [6.45, 7) is -2.82. The fourth-order valence-corrected chi connectivity index (χ4v) is 1.65. The number of fused-ring (bicyclic) bond motifs is 1. The minimum absolute atomic E-state index is 0.126. The molecule has 0 saturated heterocycles. The van der Waals surface area contributed by atoms with Gasteiger partial charge >= 0.3 is 6.61 Å². The van der Waals surface area contributed by atoms with Crippen LogP contribution >= 0.6 is 0 Å². The van der Waals surface area contributed by atoms with Crippen LogP contribution in [0.4, 0.5) is 8.78 Å². The van der Waals surface area contributed by atoms with Gasteiger partial charge in [0.15, 0.2) is 0 Å². The Bertz CT molecular complexity index is 575. The zero-order valence-electron chi connectivity index (χ0n) is 8.86. The van der Waals surface area contributed by atoms with Crippen molar-refractivity contribution >= 4 is 10.8 Å². The van der Waals surface area contributed by atoms with Gasteiger partial charge in [0.05, 0.1) is 12.5 Å². The third kappa shape index (κ3) is 2.70. The summed E-state index contributed by atoms with van der Waals surface area (Å²) in [6.07, 6.45) is 0.301. The predicted octanol–water partition coefficient (Wildman–Crippen LogP) is 3.51. The molecule has 4 heteroatoms. The third-order valence-corrected chi connectivity index (χ3v) is 2.38. The molecule has 2 aromatic carbocycles. The van der Waals surface area contributed by atoms with Gasteiger partial charge in [0.2, 0.25) is 0 Å². The number of alkyl halides is 2. The van der Waals surface area contributed by atoms with Crippen molar-refractivity contribution in [2.45, 2.75) is 13.0 Å². The highest BCUT2D eigenvalue weighted by atomic mass is 19.3. The van der Waals surface area contributed by atoms with E-state index in [1.54, 1.807) is 18.2 Å². The zero-order chi connectivity index (χ0) is 12.3. The third-order valence-electron chi connectivity index (χ3n) is 2.38. The van der Waals surface area contributed by atoms with Crippen LogP contribution in [-0.4, -0.2) is 6.61 Å². The van der Waals surface area contributed by atoms with E-state index >= 15 is 0 Å². The van der Waals surface area contributed by atoms with Gasteiger partial charge in [-0.25, -0.2) is 0 Å². The molecule has 0 amide bonds. The van der Waals surface area contributed by atoms with E-state index in [2.05, 4.69) is 4.74 Å². The van der Waals surface area contributed by atoms with E-state index in [9.17, 15) is 8.78 Å². The van der Waals surface area contributed by atoms with Crippen LogP contribution in [0.25, 0.3) is 10.8 Å². The van der Waals surface area contributed by atoms with Gasteiger partial charge in [-0.05, 0) is 34.5 Å². The van der Waals surface area contributed by atoms with Gasteiger partial charge in [-0.1, -0.05) is 18.2 Å². The number of nitriles is 1. The number of ether oxygens (including phenoxy) is 1. The fourth-order valence-electron chi connectivity index (χ4n) is 1.65. The van der Waals surface area contributed by atoms with E-state index in [-0.39, 0.29) is 5.75 Å². The molecule has 2 aromatic rings. The highest BCUT2D eigenvalue weighted by Crippen LogP contribution is 2.23. The molecule has 0 saturated carbocycles. The second-order valence-electron chi connectivity index (χ2n) is 3.56. The summed E-state index contributed by atoms with van der Waals surface area (Å²) >= 11 is 0. The predicted molar refractivity (Wildman–Crippen MR) is 59.9 cm³/mol. The molecule has 0 fully saturated rings. The summed E-state index contributed by atoms with van der Waals surface area (Å²) in [4.78, 5) is 0. The van der Waals surface area contributed by atoms with Crippen molar-refractivity contribution in [3.05, 3.63) is 42.0 Å². The Balaban J connectivity index is 2.40. The first-order valence-electron chi connectivity index (χ1n) is 5.03. The Morgan fingerprint density at radius 1 is 1.12 bits per heavy atom. The molecule has 0 unspecified atom stereocenters. The molecule has 0 N–H and O–H groups in total. The molecule has 0 atom stereocenters. The van der Waals surface area contributed by atoms with E-state index < -0.39 is 6.61 Å². The fraction of sp³-hybridized carbons (Fsp3) is 0.154. The maximum atomic E-state index is 12.1. The van der Waals surface area contributed by atoms with Gasteiger partial charge in [-0.2, -0.15) is 14.0 Å². The van der Waals surface area contributed by atoms with Crippen molar-refractivity contribution < 1.29 is 13.5 Å². The number of hydrogen-bond acceptors (Lipinski definition) is 2. The molecule has 0 spiro atoms. The van der Waals surface area contributed by atoms with Gasteiger partial charge in [-0.3, -0.25) is 0 Å². The second kappa shape index (κ2) is 4.79. The highest BCUT2D eigenvalue weighted by Gasteiger charge is 2.05. The van der Waals surface area contributed by atoms with Crippen LogP contribution in [0.2, 0.25) is 0 Å². The summed E-state index contributed by atoms with van der Waals surface area (Å²) in [5, 5.41) is 10.3. The summed E-state index contributed by atoms with van der Waals surface area (Å²) in [6, 6.07) is 12.3. The minimum Gasteiger partial charge on any atom is -0.435 e. The highest BCUT2D eigenvalue weighted by molar-refractivity contribution is 5.84. The van der Waals surface area contributed by atoms with Crippen LogP contribution in [0.3, 0.4) is 0 Å². The molecule has 0 aliphatic heterocycles. The lowest BCUT2D eigenvalue weighted by molar-refractivity contribution is -0.0497. The Kier molecular flexibility index (Phi) is 3.20. The average molecular weight is 233 g/mol. The second-order valence-corrected chi connectivity index (χ2v) is 3.56. The lowest BCUT2D eigenvalue weighted by Gasteiger charge is -2.06. The quantitative estimate of drug-likeness (QED) is 0.812. The van der Waals surface area contributed by atoms with Crippen molar-refractivity contribution in [2.75, 3.05) is 0 Å². The molecule has 0 aromatic heterocycles. The lowest BCUT2D eigenvalue weighted by atomic mass is 10.1. The number of nitrogens with zero attached hydrogens (tertiary/aromatic N) is 1. The first-order valence-corrected chi connectivity index (χ1v) is 5.03. The number of rotatable bonds is 3. The average Bonchev–Trinajstić information content (AvgIpc) is 2.28. The van der Waals surface area contributed by atoms with Crippen LogP contribution in [0.5, 0.6) is 5.75 Å². The molecular formula is C13H9F2NO. The first kappa shape index (κ1) is 11.3. The minimum atomic E-state index is -2.82. The first-order chi connectivity index (χ1) is 8.19. The van der Waals surface area contributed by atoms with Crippen molar-refractivity contribution in [2.24, 2.45) is 0 Å². The van der Waals surface area contributed by atoms with Crippen LogP contribution in [0, 0.1) is 11.3 Å². The molecule has 0 heterocycles. The molecule has 2 nitrogen and oxygen atoms in total. The Labute approximate surface area is 97.0 Å². The molecule has 0 bridgehead atoms. The van der Waals surface area contributed by atoms with Crippen molar-refractivity contribution in [1.29, 1.82) is 5.26 Å². The van der Waals surface area contributed by atoms with Crippen LogP contribution in [0.1, 0.15) is 5.56 Å². The molecule has 0 aliphatic carbocycles. The summed E-state index contributed by atoms with van der Waals surface area (Å²) < 4.78 is 28.4. The smallest absolute Gasteiger partial charge is 0.387 e. The van der Waals surface area contributed by atoms with E-state index in [1.807, 2.05) is 18.2 Å². The standard InChI is InChI=1S/C13H9F2NO/c14-13(15)17-12-4-3-10-2-1-9(5-6-16)7-11(10)8-12/h1-4,7-8,13H,5H2. The van der Waals surface area contributed by atoms with Gasteiger partial charge < -0.3 is 4.74 Å². The van der Waals surface area contributed by atoms with Gasteiger partial charge in [0, 0.05) is 0 Å². The Morgan fingerprint density at radius 3 is 2.59 bits per heavy atom. The van der Waals surface area contributed by atoms with Crippen molar-refractivity contribution in [3.63, 3.8) is 0 Å². The summed E-state index contributed by atoms with van der Waals surface area (Å²) in [7, 11) is 0. The van der Waals surface area contributed by atoms with E-state index in [0.717, 1.165) is 16.3 Å². The van der Waals surface area contributed by atoms with E-state index in [0.29, 0.717) is 6.42 Å². The van der Waals surface area contributed by atoms with Gasteiger partial charge in [0.25, 0.3) is 0 Å². The maximum Gasteiger partial charge on any atom is 0.387 e. The molecule has 17 heavy (non-hydrogen) atoms. The van der Waals surface area contributed by atoms with Gasteiger partial charge in [-0.15, -0.1) is 0 Å². The topological polar surface area (TPSA) is 33.0 Å². The Morgan fingerprint density at radius 2 is 1.88 bits per heavy atom. The molecule has 0 aliphatic rings. The van der Waals surface area contributed by atoms with E-state index in [4.69, 9.17) is 5.26 Å². The number of halogens is 2. The maximum absolute atomic E-state index is 12.1. The molecule has 2 rings (SSSR count). The van der Waals surface area contributed by atoms with Crippen LogP contribution < -0.4 is 4.74 Å². The SMILES string of the molecule is N#CCc1ccc2ccc(OC(F)F)cc2c1. The number of hydrogen-bond donors (Lipinski definition) is 0. The number of benzene rings is 2. The zero-order valence-corrected chi connectivity index (χ0v) is 8.86. The van der Waals surface area contributed by atoms with Gasteiger partial charge in [0.1, 0.15) is 5.75 Å². The van der Waals surface area contributed by atoms with Crippen molar-refractivity contribution in [3.8, 4) is 11.8 Å². The van der Waals surface area contributed by atoms with Crippen molar-refractivity contribution in [1.82, 2.24) is 0 Å². The van der Waals surface area contributed by atoms with Crippen LogP contribution in [0.15, 0.2) is 36.4 Å². The monoisotopic (exact) mass is 233 g/mol. The molecular weight excluding hydrogens is 224 g/mol. The van der Waals surface area contributed by atoms with E-state index in [1.165, 1.54) is 6.07 Å². The van der Waals surface area contributed by atoms with Crippen LogP contribution in [-0.2, 0) is 6.42 Å². The molecule has 0 radical (unpaired) electrons. The largest absolute Gasteiger partial charge is 0.435 e. The normalized spacial score (nSPS) is 10.5. The summed E-state index contributed by atoms with van der Waals surface area (Å²) in [5.74, 6) is 0.126. The lowest BCUT2D eigenvalue weighted by Crippen LogP contribution is -2.01.